The summed E-state index contributed by atoms with van der Waals surface area (Å²) in [5.41, 5.74) is 0.0542. The Morgan fingerprint density at radius 2 is 1.93 bits per heavy atom. The SMILES string of the molecule is CCOc1cncc(C(O)(CC)CC)c1. The van der Waals surface area contributed by atoms with Crippen LogP contribution < -0.4 is 4.74 Å². The van der Waals surface area contributed by atoms with Crippen LogP contribution in [0.25, 0.3) is 0 Å². The maximum atomic E-state index is 10.3. The van der Waals surface area contributed by atoms with E-state index in [1.165, 1.54) is 0 Å². The smallest absolute Gasteiger partial charge is 0.137 e. The van der Waals surface area contributed by atoms with E-state index in [0.717, 1.165) is 11.3 Å². The van der Waals surface area contributed by atoms with Crippen molar-refractivity contribution in [2.45, 2.75) is 39.2 Å². The van der Waals surface area contributed by atoms with Crippen molar-refractivity contribution in [3.63, 3.8) is 0 Å². The Morgan fingerprint density at radius 3 is 2.47 bits per heavy atom. The monoisotopic (exact) mass is 209 g/mol. The van der Waals surface area contributed by atoms with E-state index in [4.69, 9.17) is 4.74 Å². The Balaban J connectivity index is 2.98. The molecule has 3 heteroatoms. The molecule has 15 heavy (non-hydrogen) atoms. The number of rotatable bonds is 5. The number of ether oxygens (including phenoxy) is 1. The van der Waals surface area contributed by atoms with Crippen LogP contribution in [0.2, 0.25) is 0 Å². The minimum Gasteiger partial charge on any atom is -0.492 e. The maximum Gasteiger partial charge on any atom is 0.137 e. The van der Waals surface area contributed by atoms with Gasteiger partial charge in [0.15, 0.2) is 0 Å². The molecule has 1 aromatic rings. The first-order valence-corrected chi connectivity index (χ1v) is 5.47. The van der Waals surface area contributed by atoms with Crippen molar-refractivity contribution in [3.05, 3.63) is 24.0 Å². The zero-order valence-electron chi connectivity index (χ0n) is 9.66. The third kappa shape index (κ3) is 2.69. The molecule has 1 aromatic heterocycles. The molecule has 0 saturated heterocycles. The summed E-state index contributed by atoms with van der Waals surface area (Å²) in [6.45, 7) is 6.48. The van der Waals surface area contributed by atoms with Gasteiger partial charge in [0.25, 0.3) is 0 Å². The Labute approximate surface area is 91.1 Å². The van der Waals surface area contributed by atoms with Crippen LogP contribution in [0.1, 0.15) is 39.2 Å². The van der Waals surface area contributed by atoms with E-state index < -0.39 is 5.60 Å². The molecule has 0 aromatic carbocycles. The second-order valence-electron chi connectivity index (χ2n) is 3.58. The molecule has 0 fully saturated rings. The zero-order valence-corrected chi connectivity index (χ0v) is 9.66. The molecule has 0 bridgehead atoms. The van der Waals surface area contributed by atoms with Crippen LogP contribution in [0.4, 0.5) is 0 Å². The third-order valence-electron chi connectivity index (χ3n) is 2.73. The van der Waals surface area contributed by atoms with Crippen molar-refractivity contribution < 1.29 is 9.84 Å². The lowest BCUT2D eigenvalue weighted by molar-refractivity contribution is 0.0278. The van der Waals surface area contributed by atoms with Gasteiger partial charge in [0.2, 0.25) is 0 Å². The second-order valence-corrected chi connectivity index (χ2v) is 3.58. The molecule has 1 rings (SSSR count). The highest BCUT2D eigenvalue weighted by atomic mass is 16.5. The molecule has 0 atom stereocenters. The molecular formula is C12H19NO2. The minimum absolute atomic E-state index is 0.613. The predicted octanol–water partition coefficient (Wildman–Crippen LogP) is 2.49. The quantitative estimate of drug-likeness (QED) is 0.810. The fourth-order valence-electron chi connectivity index (χ4n) is 1.58. The van der Waals surface area contributed by atoms with Gasteiger partial charge in [-0.1, -0.05) is 13.8 Å². The summed E-state index contributed by atoms with van der Waals surface area (Å²) in [6.07, 6.45) is 4.73. The van der Waals surface area contributed by atoms with Gasteiger partial charge in [0.05, 0.1) is 18.4 Å². The van der Waals surface area contributed by atoms with Crippen molar-refractivity contribution in [2.24, 2.45) is 0 Å². The summed E-state index contributed by atoms with van der Waals surface area (Å²) < 4.78 is 5.36. The summed E-state index contributed by atoms with van der Waals surface area (Å²) in [4.78, 5) is 4.08. The number of hydrogen-bond donors (Lipinski definition) is 1. The van der Waals surface area contributed by atoms with Crippen LogP contribution >= 0.6 is 0 Å². The lowest BCUT2D eigenvalue weighted by Gasteiger charge is -2.25. The van der Waals surface area contributed by atoms with Crippen molar-refractivity contribution in [1.82, 2.24) is 4.98 Å². The van der Waals surface area contributed by atoms with Gasteiger partial charge in [-0.05, 0) is 25.8 Å². The highest BCUT2D eigenvalue weighted by molar-refractivity contribution is 5.27. The van der Waals surface area contributed by atoms with Crippen molar-refractivity contribution in [1.29, 1.82) is 0 Å². The van der Waals surface area contributed by atoms with Crippen molar-refractivity contribution >= 4 is 0 Å². The first-order chi connectivity index (χ1) is 7.16. The number of hydrogen-bond acceptors (Lipinski definition) is 3. The van der Waals surface area contributed by atoms with Gasteiger partial charge in [-0.2, -0.15) is 0 Å². The number of aromatic nitrogens is 1. The number of aliphatic hydroxyl groups is 1. The highest BCUT2D eigenvalue weighted by Crippen LogP contribution is 2.29. The van der Waals surface area contributed by atoms with Gasteiger partial charge in [-0.15, -0.1) is 0 Å². The van der Waals surface area contributed by atoms with Gasteiger partial charge in [-0.3, -0.25) is 4.98 Å². The Morgan fingerprint density at radius 1 is 1.27 bits per heavy atom. The summed E-state index contributed by atoms with van der Waals surface area (Å²) in [5.74, 6) is 0.718. The molecule has 1 N–H and O–H groups in total. The summed E-state index contributed by atoms with van der Waals surface area (Å²) in [7, 11) is 0. The molecule has 0 saturated carbocycles. The molecule has 0 amide bonds. The van der Waals surface area contributed by atoms with E-state index in [1.807, 2.05) is 26.8 Å². The molecule has 84 valence electrons. The lowest BCUT2D eigenvalue weighted by Crippen LogP contribution is -2.23. The zero-order chi connectivity index (χ0) is 11.3. The molecule has 3 nitrogen and oxygen atoms in total. The van der Waals surface area contributed by atoms with E-state index in [0.29, 0.717) is 19.4 Å². The molecule has 0 spiro atoms. The van der Waals surface area contributed by atoms with E-state index >= 15 is 0 Å². The van der Waals surface area contributed by atoms with Gasteiger partial charge in [-0.25, -0.2) is 0 Å². The average Bonchev–Trinajstić information content (AvgIpc) is 2.29. The molecule has 0 unspecified atom stereocenters. The largest absolute Gasteiger partial charge is 0.492 e. The van der Waals surface area contributed by atoms with Crippen LogP contribution in [-0.2, 0) is 5.60 Å². The highest BCUT2D eigenvalue weighted by Gasteiger charge is 2.25. The van der Waals surface area contributed by atoms with Gasteiger partial charge < -0.3 is 9.84 Å². The van der Waals surface area contributed by atoms with E-state index in [1.54, 1.807) is 12.4 Å². The second kappa shape index (κ2) is 5.12. The first-order valence-electron chi connectivity index (χ1n) is 5.47. The van der Waals surface area contributed by atoms with Crippen LogP contribution in [0.3, 0.4) is 0 Å². The fraction of sp³-hybridized carbons (Fsp3) is 0.583. The Hall–Kier alpha value is -1.09. The fourth-order valence-corrected chi connectivity index (χ4v) is 1.58. The maximum absolute atomic E-state index is 10.3. The molecular weight excluding hydrogens is 190 g/mol. The third-order valence-corrected chi connectivity index (χ3v) is 2.73. The van der Waals surface area contributed by atoms with E-state index in [-0.39, 0.29) is 0 Å². The minimum atomic E-state index is -0.778. The normalized spacial score (nSPS) is 11.5. The number of nitrogens with zero attached hydrogens (tertiary/aromatic N) is 1. The molecule has 0 aliphatic heterocycles. The van der Waals surface area contributed by atoms with Crippen LogP contribution in [0, 0.1) is 0 Å². The standard InChI is InChI=1S/C12H19NO2/c1-4-12(14,5-2)10-7-11(15-6-3)9-13-8-10/h7-9,14H,4-6H2,1-3H3. The summed E-state index contributed by atoms with van der Waals surface area (Å²) in [5, 5.41) is 10.3. The first kappa shape index (κ1) is 12.0. The summed E-state index contributed by atoms with van der Waals surface area (Å²) in [6, 6.07) is 1.86. The Kier molecular flexibility index (Phi) is 4.09. The van der Waals surface area contributed by atoms with E-state index in [9.17, 15) is 5.11 Å². The lowest BCUT2D eigenvalue weighted by atomic mass is 9.90. The van der Waals surface area contributed by atoms with Gasteiger partial charge in [0.1, 0.15) is 5.75 Å². The number of pyridine rings is 1. The van der Waals surface area contributed by atoms with Crippen molar-refractivity contribution in [3.8, 4) is 5.75 Å². The molecule has 0 aliphatic carbocycles. The Bertz CT molecular complexity index is 308. The molecule has 0 aliphatic rings. The van der Waals surface area contributed by atoms with Crippen LogP contribution in [0.15, 0.2) is 18.5 Å². The van der Waals surface area contributed by atoms with E-state index in [2.05, 4.69) is 4.98 Å². The topological polar surface area (TPSA) is 42.4 Å². The van der Waals surface area contributed by atoms with Gasteiger partial charge >= 0.3 is 0 Å². The summed E-state index contributed by atoms with van der Waals surface area (Å²) >= 11 is 0. The van der Waals surface area contributed by atoms with Crippen LogP contribution in [0.5, 0.6) is 5.75 Å². The predicted molar refractivity (Wildman–Crippen MR) is 59.9 cm³/mol. The average molecular weight is 209 g/mol. The van der Waals surface area contributed by atoms with Crippen molar-refractivity contribution in [2.75, 3.05) is 6.61 Å². The van der Waals surface area contributed by atoms with Gasteiger partial charge in [0, 0.05) is 11.8 Å². The molecule has 1 heterocycles. The molecule has 0 radical (unpaired) electrons. The van der Waals surface area contributed by atoms with Crippen LogP contribution in [-0.4, -0.2) is 16.7 Å².